The van der Waals surface area contributed by atoms with Gasteiger partial charge in [-0.1, -0.05) is 48.6 Å². The molecule has 3 aromatic rings. The summed E-state index contributed by atoms with van der Waals surface area (Å²) in [5.74, 6) is -2.98. The molecule has 0 radical (unpaired) electrons. The van der Waals surface area contributed by atoms with Crippen molar-refractivity contribution >= 4 is 29.4 Å². The zero-order valence-corrected chi connectivity index (χ0v) is 22.5. The number of carbonyl (C=O) groups excluding carboxylic acids is 2. The molecule has 0 bridgehead atoms. The number of hydrogen-bond donors (Lipinski definition) is 0. The monoisotopic (exact) mass is 542 g/mol. The molecule has 0 saturated heterocycles. The number of aliphatic imine (C=N–C) groups is 1. The SMILES string of the molecule is COC(=O)C1C(C)=NC(C)=C(C(=O)OCCC=Cc2ccc(Cn3ccnc3)cc2)C1c1cccc([N+](=O)[O-])c1. The van der Waals surface area contributed by atoms with Crippen LogP contribution in [-0.4, -0.2) is 45.8 Å². The Kier molecular flexibility index (Phi) is 9.00. The fraction of sp³-hybridized carbons (Fsp3) is 0.267. The molecule has 2 aromatic carbocycles. The summed E-state index contributed by atoms with van der Waals surface area (Å²) in [6, 6.07) is 14.0. The Bertz CT molecular complexity index is 1470. The second-order valence-electron chi connectivity index (χ2n) is 9.39. The Morgan fingerprint density at radius 3 is 2.60 bits per heavy atom. The van der Waals surface area contributed by atoms with Crippen molar-refractivity contribution < 1.29 is 24.0 Å². The Hall–Kier alpha value is -4.86. The van der Waals surface area contributed by atoms with Gasteiger partial charge in [0.05, 0.1) is 30.5 Å². The molecule has 1 aromatic heterocycles. The lowest BCUT2D eigenvalue weighted by atomic mass is 9.75. The van der Waals surface area contributed by atoms with Crippen molar-refractivity contribution in [3.05, 3.63) is 111 Å². The van der Waals surface area contributed by atoms with Crippen LogP contribution in [0.4, 0.5) is 5.69 Å². The summed E-state index contributed by atoms with van der Waals surface area (Å²) in [6.45, 7) is 4.19. The fourth-order valence-corrected chi connectivity index (χ4v) is 4.77. The maximum Gasteiger partial charge on any atom is 0.336 e. The molecule has 0 aliphatic carbocycles. The molecular formula is C30H30N4O6. The average molecular weight is 543 g/mol. The number of nitro groups is 1. The van der Waals surface area contributed by atoms with Crippen LogP contribution in [0.25, 0.3) is 6.08 Å². The van der Waals surface area contributed by atoms with Crippen LogP contribution in [0.15, 0.2) is 89.6 Å². The van der Waals surface area contributed by atoms with Gasteiger partial charge in [0.1, 0.15) is 5.92 Å². The molecule has 2 unspecified atom stereocenters. The van der Waals surface area contributed by atoms with Crippen molar-refractivity contribution in [3.8, 4) is 0 Å². The quantitative estimate of drug-likeness (QED) is 0.151. The average Bonchev–Trinajstić information content (AvgIpc) is 3.46. The largest absolute Gasteiger partial charge is 0.468 e. The Morgan fingerprint density at radius 1 is 1.15 bits per heavy atom. The van der Waals surface area contributed by atoms with Gasteiger partial charge in [0.25, 0.3) is 5.69 Å². The van der Waals surface area contributed by atoms with Crippen LogP contribution in [-0.2, 0) is 25.6 Å². The first-order valence-electron chi connectivity index (χ1n) is 12.7. The smallest absolute Gasteiger partial charge is 0.336 e. The molecule has 10 nitrogen and oxygen atoms in total. The highest BCUT2D eigenvalue weighted by molar-refractivity contribution is 6.07. The Balaban J connectivity index is 1.45. The number of carbonyl (C=O) groups is 2. The van der Waals surface area contributed by atoms with Gasteiger partial charge in [-0.3, -0.25) is 19.9 Å². The zero-order valence-electron chi connectivity index (χ0n) is 22.5. The molecule has 10 heteroatoms. The van der Waals surface area contributed by atoms with Gasteiger partial charge in [0, 0.05) is 48.4 Å². The number of aromatic nitrogens is 2. The summed E-state index contributed by atoms with van der Waals surface area (Å²) in [4.78, 5) is 45.4. The number of methoxy groups -OCH3 is 1. The molecular weight excluding hydrogens is 512 g/mol. The number of nitro benzene ring substituents is 1. The van der Waals surface area contributed by atoms with Crippen LogP contribution < -0.4 is 0 Å². The number of non-ortho nitro benzene ring substituents is 1. The number of esters is 2. The summed E-state index contributed by atoms with van der Waals surface area (Å²) < 4.78 is 12.6. The van der Waals surface area contributed by atoms with Crippen molar-refractivity contribution in [2.24, 2.45) is 10.9 Å². The second kappa shape index (κ2) is 12.8. The molecule has 1 aliphatic rings. The molecule has 40 heavy (non-hydrogen) atoms. The number of allylic oxidation sites excluding steroid dienone is 1. The van der Waals surface area contributed by atoms with Gasteiger partial charge in [-0.05, 0) is 37.0 Å². The van der Waals surface area contributed by atoms with Crippen LogP contribution in [0, 0.1) is 16.0 Å². The minimum Gasteiger partial charge on any atom is -0.468 e. The highest BCUT2D eigenvalue weighted by Gasteiger charge is 2.42. The summed E-state index contributed by atoms with van der Waals surface area (Å²) >= 11 is 0. The summed E-state index contributed by atoms with van der Waals surface area (Å²) in [7, 11) is 1.25. The number of benzene rings is 2. The topological polar surface area (TPSA) is 126 Å². The molecule has 0 amide bonds. The molecule has 1 aliphatic heterocycles. The lowest BCUT2D eigenvalue weighted by Crippen LogP contribution is -2.36. The van der Waals surface area contributed by atoms with Crippen molar-refractivity contribution in [1.29, 1.82) is 0 Å². The third-order valence-electron chi connectivity index (χ3n) is 6.68. The molecule has 0 saturated carbocycles. The predicted octanol–water partition coefficient (Wildman–Crippen LogP) is 5.11. The van der Waals surface area contributed by atoms with E-state index in [2.05, 4.69) is 9.98 Å². The van der Waals surface area contributed by atoms with Crippen LogP contribution in [0.1, 0.15) is 42.9 Å². The van der Waals surface area contributed by atoms with E-state index < -0.39 is 28.7 Å². The highest BCUT2D eigenvalue weighted by atomic mass is 16.6. The minimum atomic E-state index is -0.921. The van der Waals surface area contributed by atoms with Gasteiger partial charge in [0.2, 0.25) is 0 Å². The van der Waals surface area contributed by atoms with Crippen molar-refractivity contribution in [2.45, 2.75) is 32.7 Å². The standard InChI is InChI=1S/C30H30N4O6/c1-20-26(29(35)39-3)28(24-8-6-9-25(17-24)34(37)38)27(21(2)32-20)30(36)40-16-5-4-7-22-10-12-23(13-11-22)18-33-15-14-31-19-33/h4,6-15,17,19,26,28H,5,16,18H2,1-3H3. The van der Waals surface area contributed by atoms with E-state index in [9.17, 15) is 19.7 Å². The molecule has 0 N–H and O–H groups in total. The minimum absolute atomic E-state index is 0.109. The van der Waals surface area contributed by atoms with Crippen LogP contribution >= 0.6 is 0 Å². The molecule has 2 heterocycles. The maximum atomic E-state index is 13.3. The third kappa shape index (κ3) is 6.58. The van der Waals surface area contributed by atoms with Crippen LogP contribution in [0.2, 0.25) is 0 Å². The summed E-state index contributed by atoms with van der Waals surface area (Å²) in [5.41, 5.74) is 3.48. The normalized spacial score (nSPS) is 17.0. The summed E-state index contributed by atoms with van der Waals surface area (Å²) in [5, 5.41) is 11.4. The first kappa shape index (κ1) is 28.2. The van der Waals surface area contributed by atoms with Gasteiger partial charge in [-0.25, -0.2) is 9.78 Å². The van der Waals surface area contributed by atoms with E-state index in [1.807, 2.05) is 47.2 Å². The van der Waals surface area contributed by atoms with E-state index in [4.69, 9.17) is 9.47 Å². The van der Waals surface area contributed by atoms with Crippen molar-refractivity contribution in [1.82, 2.24) is 9.55 Å². The maximum absolute atomic E-state index is 13.3. The molecule has 0 spiro atoms. The first-order valence-corrected chi connectivity index (χ1v) is 12.7. The van der Waals surface area contributed by atoms with Crippen molar-refractivity contribution in [3.63, 3.8) is 0 Å². The van der Waals surface area contributed by atoms with E-state index in [0.29, 0.717) is 23.4 Å². The second-order valence-corrected chi connectivity index (χ2v) is 9.39. The van der Waals surface area contributed by atoms with E-state index in [0.717, 1.165) is 17.7 Å². The number of imidazole rings is 1. The van der Waals surface area contributed by atoms with Gasteiger partial charge in [-0.15, -0.1) is 0 Å². The lowest BCUT2D eigenvalue weighted by Gasteiger charge is -2.31. The number of nitrogens with zero attached hydrogens (tertiary/aromatic N) is 4. The van der Waals surface area contributed by atoms with E-state index >= 15 is 0 Å². The first-order chi connectivity index (χ1) is 19.3. The van der Waals surface area contributed by atoms with E-state index in [1.165, 1.54) is 25.3 Å². The molecule has 2 atom stereocenters. The van der Waals surface area contributed by atoms with Gasteiger partial charge in [0.15, 0.2) is 0 Å². The van der Waals surface area contributed by atoms with Gasteiger partial charge < -0.3 is 14.0 Å². The molecule has 206 valence electrons. The lowest BCUT2D eigenvalue weighted by molar-refractivity contribution is -0.384. The molecule has 0 fully saturated rings. The van der Waals surface area contributed by atoms with Crippen molar-refractivity contribution in [2.75, 3.05) is 13.7 Å². The highest BCUT2D eigenvalue weighted by Crippen LogP contribution is 2.40. The fourth-order valence-electron chi connectivity index (χ4n) is 4.77. The Morgan fingerprint density at radius 2 is 1.93 bits per heavy atom. The third-order valence-corrected chi connectivity index (χ3v) is 6.68. The molecule has 4 rings (SSSR count). The van der Waals surface area contributed by atoms with Crippen LogP contribution in [0.3, 0.4) is 0 Å². The predicted molar refractivity (Wildman–Crippen MR) is 150 cm³/mol. The van der Waals surface area contributed by atoms with Gasteiger partial charge in [-0.2, -0.15) is 0 Å². The number of hydrogen-bond acceptors (Lipinski definition) is 8. The van der Waals surface area contributed by atoms with Crippen LogP contribution in [0.5, 0.6) is 0 Å². The zero-order chi connectivity index (χ0) is 28.6. The van der Waals surface area contributed by atoms with Gasteiger partial charge >= 0.3 is 11.9 Å². The number of rotatable bonds is 10. The Labute approximate surface area is 231 Å². The van der Waals surface area contributed by atoms with E-state index in [-0.39, 0.29) is 17.9 Å². The number of ether oxygens (including phenoxy) is 2. The van der Waals surface area contributed by atoms with E-state index in [1.54, 1.807) is 32.4 Å². The summed E-state index contributed by atoms with van der Waals surface area (Å²) in [6.07, 6.45) is 9.77.